The highest BCUT2D eigenvalue weighted by Gasteiger charge is 2.23. The van der Waals surface area contributed by atoms with Crippen LogP contribution in [0.1, 0.15) is 129 Å². The van der Waals surface area contributed by atoms with Crippen LogP contribution in [0.4, 0.5) is 0 Å². The van der Waals surface area contributed by atoms with Gasteiger partial charge in [-0.2, -0.15) is 0 Å². The molecule has 0 radical (unpaired) electrons. The number of rotatable bonds is 22. The fraction of sp³-hybridized carbons (Fsp3) is 1.00. The molecule has 3 heteroatoms. The average Bonchev–Trinajstić information content (AvgIpc) is 2.64. The minimum absolute atomic E-state index is 0.893. The Bertz CT molecular complexity index is 282. The molecule has 0 aromatic heterocycles. The van der Waals surface area contributed by atoms with Crippen molar-refractivity contribution in [2.45, 2.75) is 143 Å². The maximum atomic E-state index is 6.08. The molecule has 0 heterocycles. The van der Waals surface area contributed by atoms with Crippen LogP contribution < -0.4 is 0 Å². The maximum absolute atomic E-state index is 6.08. The predicted molar refractivity (Wildman–Crippen MR) is 124 cm³/mol. The Balaban J connectivity index is 3.28. The highest BCUT2D eigenvalue weighted by atomic mass is 28.4. The second-order valence-electron chi connectivity index (χ2n) is 8.75. The summed E-state index contributed by atoms with van der Waals surface area (Å²) in [5, 5.41) is 0. The number of unbranched alkanes of at least 4 members (excludes halogenated alkanes) is 16. The Morgan fingerprint density at radius 2 is 0.667 bits per heavy atom. The third kappa shape index (κ3) is 22.3. The average molecular weight is 401 g/mol. The van der Waals surface area contributed by atoms with Crippen LogP contribution in [0.25, 0.3) is 0 Å². The van der Waals surface area contributed by atoms with Crippen LogP contribution in [-0.4, -0.2) is 21.8 Å². The Kier molecular flexibility index (Phi) is 21.0. The predicted octanol–water partition coefficient (Wildman–Crippen LogP) is 8.78. The smallest absolute Gasteiger partial charge is 0.331 e. The van der Waals surface area contributed by atoms with E-state index in [1.165, 1.54) is 116 Å². The Hall–Kier alpha value is 0.137. The van der Waals surface area contributed by atoms with Crippen molar-refractivity contribution in [1.82, 2.24) is 0 Å². The van der Waals surface area contributed by atoms with Crippen LogP contribution in [-0.2, 0) is 8.85 Å². The molecule has 0 unspecified atom stereocenters. The van der Waals surface area contributed by atoms with Gasteiger partial charge in [0, 0.05) is 13.2 Å². The number of hydrogen-bond acceptors (Lipinski definition) is 2. The van der Waals surface area contributed by atoms with Crippen molar-refractivity contribution in [3.63, 3.8) is 0 Å². The van der Waals surface area contributed by atoms with Gasteiger partial charge in [0.2, 0.25) is 0 Å². The zero-order valence-electron chi connectivity index (χ0n) is 19.5. The summed E-state index contributed by atoms with van der Waals surface area (Å²) < 4.78 is 12.1. The number of hydrogen-bond donors (Lipinski definition) is 0. The molecule has 0 aromatic carbocycles. The van der Waals surface area contributed by atoms with Gasteiger partial charge in [0.1, 0.15) is 0 Å². The van der Waals surface area contributed by atoms with Crippen LogP contribution in [0.3, 0.4) is 0 Å². The molecular weight excluding hydrogens is 348 g/mol. The monoisotopic (exact) mass is 400 g/mol. The van der Waals surface area contributed by atoms with Crippen LogP contribution in [0.2, 0.25) is 13.1 Å². The highest BCUT2D eigenvalue weighted by molar-refractivity contribution is 6.64. The molecule has 0 saturated heterocycles. The molecule has 0 fully saturated rings. The third-order valence-corrected chi connectivity index (χ3v) is 7.19. The molecule has 0 saturated carbocycles. The Labute approximate surface area is 173 Å². The molecule has 0 atom stereocenters. The van der Waals surface area contributed by atoms with Crippen molar-refractivity contribution in [3.8, 4) is 0 Å². The van der Waals surface area contributed by atoms with Gasteiger partial charge in [0.25, 0.3) is 0 Å². The highest BCUT2D eigenvalue weighted by Crippen LogP contribution is 2.14. The van der Waals surface area contributed by atoms with Gasteiger partial charge in [-0.05, 0) is 25.9 Å². The van der Waals surface area contributed by atoms with Gasteiger partial charge in [0.15, 0.2) is 0 Å². The molecule has 0 bridgehead atoms. The standard InChI is InChI=1S/C24H52O2Si/c1-5-7-9-11-13-14-15-16-17-18-20-22-24-26-27(3,4)25-23-21-19-12-10-8-6-2/h5-24H2,1-4H3. The van der Waals surface area contributed by atoms with Gasteiger partial charge in [-0.1, -0.05) is 117 Å². The van der Waals surface area contributed by atoms with Gasteiger partial charge in [-0.25, -0.2) is 0 Å². The summed E-state index contributed by atoms with van der Waals surface area (Å²) >= 11 is 0. The van der Waals surface area contributed by atoms with Gasteiger partial charge < -0.3 is 8.85 Å². The van der Waals surface area contributed by atoms with E-state index in [0.717, 1.165) is 13.2 Å². The molecule has 0 aliphatic heterocycles. The first-order chi connectivity index (χ1) is 13.1. The minimum Gasteiger partial charge on any atom is -0.395 e. The van der Waals surface area contributed by atoms with E-state index in [0.29, 0.717) is 0 Å². The van der Waals surface area contributed by atoms with Crippen molar-refractivity contribution >= 4 is 8.56 Å². The molecule has 0 N–H and O–H groups in total. The van der Waals surface area contributed by atoms with Crippen molar-refractivity contribution < 1.29 is 8.85 Å². The summed E-state index contributed by atoms with van der Waals surface area (Å²) in [5.41, 5.74) is 0. The van der Waals surface area contributed by atoms with E-state index in [1.54, 1.807) is 0 Å². The summed E-state index contributed by atoms with van der Waals surface area (Å²) in [6, 6.07) is 0. The van der Waals surface area contributed by atoms with Crippen LogP contribution in [0.5, 0.6) is 0 Å². The summed E-state index contributed by atoms with van der Waals surface area (Å²) in [6.45, 7) is 10.7. The van der Waals surface area contributed by atoms with Crippen molar-refractivity contribution in [2.24, 2.45) is 0 Å². The molecule has 0 aliphatic rings. The summed E-state index contributed by atoms with van der Waals surface area (Å²) in [5.74, 6) is 0. The molecule has 0 spiro atoms. The van der Waals surface area contributed by atoms with E-state index in [1.807, 2.05) is 0 Å². The molecule has 2 nitrogen and oxygen atoms in total. The first kappa shape index (κ1) is 27.1. The van der Waals surface area contributed by atoms with E-state index >= 15 is 0 Å². The molecule has 164 valence electrons. The molecule has 0 aliphatic carbocycles. The van der Waals surface area contributed by atoms with Crippen molar-refractivity contribution in [1.29, 1.82) is 0 Å². The largest absolute Gasteiger partial charge is 0.395 e. The van der Waals surface area contributed by atoms with Crippen molar-refractivity contribution in [2.75, 3.05) is 13.2 Å². The van der Waals surface area contributed by atoms with E-state index in [4.69, 9.17) is 8.85 Å². The topological polar surface area (TPSA) is 18.5 Å². The van der Waals surface area contributed by atoms with Crippen LogP contribution in [0, 0.1) is 0 Å². The summed E-state index contributed by atoms with van der Waals surface area (Å²) in [4.78, 5) is 0. The van der Waals surface area contributed by atoms with Gasteiger partial charge >= 0.3 is 8.56 Å². The molecule has 0 amide bonds. The SMILES string of the molecule is CCCCCCCCCCCCCCO[Si](C)(C)OCCCCCCCC. The zero-order chi connectivity index (χ0) is 20.1. The Morgan fingerprint density at radius 1 is 0.407 bits per heavy atom. The lowest BCUT2D eigenvalue weighted by molar-refractivity contribution is 0.172. The fourth-order valence-corrected chi connectivity index (χ4v) is 4.86. The summed E-state index contributed by atoms with van der Waals surface area (Å²) in [6.07, 6.45) is 24.7. The molecular formula is C24H52O2Si. The van der Waals surface area contributed by atoms with Gasteiger partial charge in [-0.3, -0.25) is 0 Å². The zero-order valence-corrected chi connectivity index (χ0v) is 20.5. The van der Waals surface area contributed by atoms with Crippen LogP contribution >= 0.6 is 0 Å². The van der Waals surface area contributed by atoms with E-state index in [9.17, 15) is 0 Å². The molecule has 0 rings (SSSR count). The van der Waals surface area contributed by atoms with Crippen LogP contribution in [0.15, 0.2) is 0 Å². The second kappa shape index (κ2) is 20.9. The summed E-state index contributed by atoms with van der Waals surface area (Å²) in [7, 11) is -1.88. The van der Waals surface area contributed by atoms with E-state index in [-0.39, 0.29) is 0 Å². The van der Waals surface area contributed by atoms with Gasteiger partial charge in [0.05, 0.1) is 0 Å². The lowest BCUT2D eigenvalue weighted by atomic mass is 10.1. The third-order valence-electron chi connectivity index (χ3n) is 5.40. The maximum Gasteiger partial charge on any atom is 0.331 e. The second-order valence-corrected chi connectivity index (χ2v) is 12.1. The fourth-order valence-electron chi connectivity index (χ4n) is 3.50. The molecule has 0 aromatic rings. The quantitative estimate of drug-likeness (QED) is 0.133. The molecule has 27 heavy (non-hydrogen) atoms. The minimum atomic E-state index is -1.88. The van der Waals surface area contributed by atoms with Gasteiger partial charge in [-0.15, -0.1) is 0 Å². The lowest BCUT2D eigenvalue weighted by Gasteiger charge is -2.23. The van der Waals surface area contributed by atoms with E-state index in [2.05, 4.69) is 26.9 Å². The first-order valence-corrected chi connectivity index (χ1v) is 15.2. The van der Waals surface area contributed by atoms with E-state index < -0.39 is 8.56 Å². The first-order valence-electron chi connectivity index (χ1n) is 12.4. The lowest BCUT2D eigenvalue weighted by Crippen LogP contribution is -2.35. The normalized spacial score (nSPS) is 12.0. The Morgan fingerprint density at radius 3 is 0.963 bits per heavy atom. The van der Waals surface area contributed by atoms with Crippen molar-refractivity contribution in [3.05, 3.63) is 0 Å².